The van der Waals surface area contributed by atoms with E-state index < -0.39 is 23.5 Å². The Labute approximate surface area is 219 Å². The van der Waals surface area contributed by atoms with Crippen molar-refractivity contribution in [2.45, 2.75) is 13.0 Å². The maximum Gasteiger partial charge on any atom is 0.295 e. The molecule has 1 saturated heterocycles. The number of likely N-dealkylation sites (N-methyl/N-ethyl adjacent to an activating group) is 1. The summed E-state index contributed by atoms with van der Waals surface area (Å²) in [6.45, 7) is 2.71. The molecular formula is C25H28Cl2N2O7. The number of aromatic hydroxyl groups is 1. The van der Waals surface area contributed by atoms with E-state index in [-0.39, 0.29) is 57.3 Å². The first-order valence-corrected chi connectivity index (χ1v) is 11.8. The van der Waals surface area contributed by atoms with Gasteiger partial charge in [0.15, 0.2) is 23.0 Å². The second-order valence-electron chi connectivity index (χ2n) is 8.24. The van der Waals surface area contributed by atoms with E-state index in [0.29, 0.717) is 12.1 Å². The number of phenolic OH excluding ortho intramolecular Hbond substituents is 1. The Morgan fingerprint density at radius 3 is 2.36 bits per heavy atom. The molecule has 2 aromatic rings. The number of aliphatic hydroxyl groups excluding tert-OH is 1. The van der Waals surface area contributed by atoms with Crippen LogP contribution < -0.4 is 14.2 Å². The maximum absolute atomic E-state index is 13.3. The molecule has 36 heavy (non-hydrogen) atoms. The summed E-state index contributed by atoms with van der Waals surface area (Å²) < 4.78 is 16.1. The highest BCUT2D eigenvalue weighted by Crippen LogP contribution is 2.47. The van der Waals surface area contributed by atoms with Gasteiger partial charge in [-0.25, -0.2) is 0 Å². The van der Waals surface area contributed by atoms with Crippen molar-refractivity contribution in [3.05, 3.63) is 51.0 Å². The summed E-state index contributed by atoms with van der Waals surface area (Å²) in [4.78, 5) is 29.7. The van der Waals surface area contributed by atoms with Crippen molar-refractivity contribution in [3.8, 4) is 23.0 Å². The van der Waals surface area contributed by atoms with Gasteiger partial charge in [0.25, 0.3) is 11.7 Å². The molecule has 9 nitrogen and oxygen atoms in total. The van der Waals surface area contributed by atoms with Crippen LogP contribution in [0.3, 0.4) is 0 Å². The Balaban J connectivity index is 2.30. The van der Waals surface area contributed by atoms with Crippen LogP contribution in [-0.4, -0.2) is 79.7 Å². The summed E-state index contributed by atoms with van der Waals surface area (Å²) in [5.41, 5.74) is 0.302. The summed E-state index contributed by atoms with van der Waals surface area (Å²) in [6, 6.07) is 4.89. The molecule has 1 amide bonds. The van der Waals surface area contributed by atoms with Gasteiger partial charge in [0, 0.05) is 13.1 Å². The summed E-state index contributed by atoms with van der Waals surface area (Å²) in [5, 5.41) is 21.7. The third kappa shape index (κ3) is 5.04. The number of ketones is 1. The first-order chi connectivity index (χ1) is 17.1. The number of nitrogens with zero attached hydrogens (tertiary/aromatic N) is 2. The average molecular weight is 539 g/mol. The van der Waals surface area contributed by atoms with E-state index in [2.05, 4.69) is 0 Å². The summed E-state index contributed by atoms with van der Waals surface area (Å²) in [5.74, 6) is -1.93. The van der Waals surface area contributed by atoms with E-state index in [1.54, 1.807) is 13.0 Å². The van der Waals surface area contributed by atoms with Gasteiger partial charge >= 0.3 is 0 Å². The lowest BCUT2D eigenvalue weighted by atomic mass is 9.94. The second-order valence-corrected chi connectivity index (χ2v) is 9.03. The van der Waals surface area contributed by atoms with E-state index in [1.807, 2.05) is 19.0 Å². The molecule has 1 unspecified atom stereocenters. The zero-order valence-corrected chi connectivity index (χ0v) is 22.1. The molecule has 0 saturated carbocycles. The minimum absolute atomic E-state index is 0.00398. The van der Waals surface area contributed by atoms with Gasteiger partial charge in [0.05, 0.1) is 43.0 Å². The molecule has 1 aliphatic rings. The topological polar surface area (TPSA) is 109 Å². The van der Waals surface area contributed by atoms with E-state index in [0.717, 1.165) is 0 Å². The summed E-state index contributed by atoms with van der Waals surface area (Å²) >= 11 is 12.7. The highest BCUT2D eigenvalue weighted by atomic mass is 35.5. The Morgan fingerprint density at radius 1 is 1.11 bits per heavy atom. The van der Waals surface area contributed by atoms with Gasteiger partial charge in [-0.1, -0.05) is 29.3 Å². The lowest BCUT2D eigenvalue weighted by Crippen LogP contribution is -2.35. The lowest BCUT2D eigenvalue weighted by Gasteiger charge is -2.27. The third-order valence-corrected chi connectivity index (χ3v) is 6.35. The van der Waals surface area contributed by atoms with Crippen LogP contribution in [0.25, 0.3) is 5.76 Å². The van der Waals surface area contributed by atoms with Crippen molar-refractivity contribution in [3.63, 3.8) is 0 Å². The molecule has 1 atom stereocenters. The molecule has 0 bridgehead atoms. The number of ether oxygens (including phenoxy) is 3. The number of Topliss-reactive ketones (excluding diaryl/α,β-unsaturated/α-hetero) is 1. The van der Waals surface area contributed by atoms with Crippen LogP contribution >= 0.6 is 23.2 Å². The first kappa shape index (κ1) is 27.4. The van der Waals surface area contributed by atoms with Crippen molar-refractivity contribution < 1.29 is 34.0 Å². The number of hydrogen-bond donors (Lipinski definition) is 2. The van der Waals surface area contributed by atoms with Crippen LogP contribution in [0.5, 0.6) is 23.0 Å². The minimum atomic E-state index is -0.978. The molecule has 2 N–H and O–H groups in total. The van der Waals surface area contributed by atoms with Crippen molar-refractivity contribution in [2.75, 3.05) is 48.0 Å². The molecular weight excluding hydrogens is 511 g/mol. The molecule has 1 fully saturated rings. The number of hydrogen-bond acceptors (Lipinski definition) is 8. The van der Waals surface area contributed by atoms with Crippen molar-refractivity contribution >= 4 is 40.7 Å². The van der Waals surface area contributed by atoms with Crippen LogP contribution in [0.4, 0.5) is 0 Å². The van der Waals surface area contributed by atoms with Crippen molar-refractivity contribution in [1.82, 2.24) is 9.80 Å². The Bertz CT molecular complexity index is 1210. The number of carbonyl (C=O) groups is 2. The number of amides is 1. The highest BCUT2D eigenvalue weighted by molar-refractivity contribution is 6.47. The molecule has 0 aromatic heterocycles. The van der Waals surface area contributed by atoms with Crippen LogP contribution in [0.1, 0.15) is 24.1 Å². The molecule has 11 heteroatoms. The molecule has 1 heterocycles. The van der Waals surface area contributed by atoms with Gasteiger partial charge in [-0.05, 0) is 44.8 Å². The van der Waals surface area contributed by atoms with Gasteiger partial charge in [-0.3, -0.25) is 9.59 Å². The third-order valence-electron chi connectivity index (χ3n) is 5.72. The second kappa shape index (κ2) is 11.3. The normalized spacial score (nSPS) is 17.1. The Kier molecular flexibility index (Phi) is 8.60. The standard InChI is InChI=1S/C25H28Cl2N2O7/c1-6-36-17-11-13(7-8-16(17)30)20-18(22(32)25(33)29(20)10-9-28(2)3)21(31)14-12-15(26)24(35-5)19(27)23(14)34-4/h7-8,11-12,20,30-31H,6,9-10H2,1-5H3/b21-18+. The molecule has 0 spiro atoms. The van der Waals surface area contributed by atoms with Gasteiger partial charge < -0.3 is 34.2 Å². The number of aliphatic hydroxyl groups is 1. The molecule has 0 aliphatic carbocycles. The van der Waals surface area contributed by atoms with E-state index in [1.165, 1.54) is 37.3 Å². The lowest BCUT2D eigenvalue weighted by molar-refractivity contribution is -0.140. The van der Waals surface area contributed by atoms with Crippen molar-refractivity contribution in [2.24, 2.45) is 0 Å². The van der Waals surface area contributed by atoms with Gasteiger partial charge in [0.1, 0.15) is 10.8 Å². The number of phenols is 1. The Hall–Kier alpha value is -3.14. The van der Waals surface area contributed by atoms with Crippen LogP contribution in [0.2, 0.25) is 10.0 Å². The summed E-state index contributed by atoms with van der Waals surface area (Å²) in [6.07, 6.45) is 0. The quantitative estimate of drug-likeness (QED) is 0.279. The molecule has 194 valence electrons. The zero-order valence-electron chi connectivity index (χ0n) is 20.6. The highest BCUT2D eigenvalue weighted by Gasteiger charge is 2.46. The Morgan fingerprint density at radius 2 is 1.78 bits per heavy atom. The number of likely N-dealkylation sites (tertiary alicyclic amines) is 1. The van der Waals surface area contributed by atoms with Crippen LogP contribution in [-0.2, 0) is 9.59 Å². The fourth-order valence-corrected chi connectivity index (χ4v) is 4.72. The molecule has 3 rings (SSSR count). The van der Waals surface area contributed by atoms with Crippen LogP contribution in [0.15, 0.2) is 29.8 Å². The molecule has 1 aliphatic heterocycles. The number of halogens is 2. The van der Waals surface area contributed by atoms with Gasteiger partial charge in [0.2, 0.25) is 0 Å². The summed E-state index contributed by atoms with van der Waals surface area (Å²) in [7, 11) is 6.40. The number of benzene rings is 2. The average Bonchev–Trinajstić information content (AvgIpc) is 3.08. The smallest absolute Gasteiger partial charge is 0.295 e. The van der Waals surface area contributed by atoms with Crippen molar-refractivity contribution in [1.29, 1.82) is 0 Å². The SMILES string of the molecule is CCOc1cc(C2/C(=C(\O)c3cc(Cl)c(OC)c(Cl)c3OC)C(=O)C(=O)N2CCN(C)C)ccc1O. The van der Waals surface area contributed by atoms with E-state index in [9.17, 15) is 19.8 Å². The monoisotopic (exact) mass is 538 g/mol. The van der Waals surface area contributed by atoms with Crippen LogP contribution in [0, 0.1) is 0 Å². The van der Waals surface area contributed by atoms with E-state index in [4.69, 9.17) is 37.4 Å². The fourth-order valence-electron chi connectivity index (χ4n) is 4.03. The minimum Gasteiger partial charge on any atom is -0.507 e. The fraction of sp³-hybridized carbons (Fsp3) is 0.360. The number of carbonyl (C=O) groups excluding carboxylic acids is 2. The number of rotatable bonds is 9. The van der Waals surface area contributed by atoms with E-state index >= 15 is 0 Å². The van der Waals surface area contributed by atoms with Gasteiger partial charge in [-0.2, -0.15) is 0 Å². The molecule has 0 radical (unpaired) electrons. The predicted octanol–water partition coefficient (Wildman–Crippen LogP) is 4.10. The van der Waals surface area contributed by atoms with Gasteiger partial charge in [-0.15, -0.1) is 0 Å². The predicted molar refractivity (Wildman–Crippen MR) is 136 cm³/mol. The number of methoxy groups -OCH3 is 2. The largest absolute Gasteiger partial charge is 0.507 e. The first-order valence-electron chi connectivity index (χ1n) is 11.1. The zero-order chi connectivity index (χ0) is 26.7. The maximum atomic E-state index is 13.3. The molecule has 2 aromatic carbocycles.